The van der Waals surface area contributed by atoms with E-state index in [1.54, 1.807) is 4.90 Å². The molecule has 1 amide bonds. The summed E-state index contributed by atoms with van der Waals surface area (Å²) in [6.07, 6.45) is 2.71. The third kappa shape index (κ3) is 5.36. The Morgan fingerprint density at radius 3 is 2.53 bits per heavy atom. The van der Waals surface area contributed by atoms with Gasteiger partial charge in [0.25, 0.3) is 5.91 Å². The van der Waals surface area contributed by atoms with Crippen LogP contribution >= 0.6 is 35.6 Å². The SMILES string of the molecule is CCOc1cc(/C=C2\SC(=S)N(C(C)CC)C2=O)ccc1OCc1ccc(Cl)cc1. The molecule has 0 spiro atoms. The first-order valence-electron chi connectivity index (χ1n) is 9.84. The third-order valence-electron chi connectivity index (χ3n) is 4.73. The van der Waals surface area contributed by atoms with E-state index in [1.807, 2.05) is 69.3 Å². The van der Waals surface area contributed by atoms with Gasteiger partial charge in [-0.15, -0.1) is 0 Å². The molecule has 158 valence electrons. The van der Waals surface area contributed by atoms with E-state index in [9.17, 15) is 4.79 Å². The van der Waals surface area contributed by atoms with Gasteiger partial charge in [0, 0.05) is 11.1 Å². The molecule has 2 aromatic rings. The second-order valence-corrected chi connectivity index (χ2v) is 8.98. The first-order chi connectivity index (χ1) is 14.4. The highest BCUT2D eigenvalue weighted by Gasteiger charge is 2.34. The van der Waals surface area contributed by atoms with E-state index in [4.69, 9.17) is 33.3 Å². The summed E-state index contributed by atoms with van der Waals surface area (Å²) in [5.41, 5.74) is 1.88. The zero-order valence-electron chi connectivity index (χ0n) is 17.2. The van der Waals surface area contributed by atoms with Crippen LogP contribution in [0.1, 0.15) is 38.3 Å². The van der Waals surface area contributed by atoms with Crippen LogP contribution < -0.4 is 9.47 Å². The van der Waals surface area contributed by atoms with Crippen molar-refractivity contribution in [3.8, 4) is 11.5 Å². The molecular weight excluding hydrogens is 438 g/mol. The maximum absolute atomic E-state index is 12.8. The number of halogens is 1. The Labute approximate surface area is 192 Å². The van der Waals surface area contributed by atoms with Crippen molar-refractivity contribution in [2.75, 3.05) is 6.61 Å². The topological polar surface area (TPSA) is 38.8 Å². The average molecular weight is 462 g/mol. The molecule has 0 N–H and O–H groups in total. The van der Waals surface area contributed by atoms with Crippen LogP contribution in [0.4, 0.5) is 0 Å². The summed E-state index contributed by atoms with van der Waals surface area (Å²) >= 11 is 12.7. The van der Waals surface area contributed by atoms with Gasteiger partial charge in [0.2, 0.25) is 0 Å². The first kappa shape index (κ1) is 22.7. The van der Waals surface area contributed by atoms with Gasteiger partial charge in [-0.05, 0) is 61.7 Å². The Morgan fingerprint density at radius 2 is 1.87 bits per heavy atom. The lowest BCUT2D eigenvalue weighted by Crippen LogP contribution is -2.36. The molecule has 0 saturated carbocycles. The maximum atomic E-state index is 12.8. The number of amides is 1. The van der Waals surface area contributed by atoms with E-state index in [0.29, 0.717) is 39.0 Å². The van der Waals surface area contributed by atoms with Crippen molar-refractivity contribution in [2.24, 2.45) is 0 Å². The normalized spacial score (nSPS) is 16.3. The molecule has 7 heteroatoms. The Balaban J connectivity index is 1.79. The summed E-state index contributed by atoms with van der Waals surface area (Å²) in [5.74, 6) is 1.24. The summed E-state index contributed by atoms with van der Waals surface area (Å²) in [5, 5.41) is 0.692. The number of rotatable bonds is 8. The van der Waals surface area contributed by atoms with Gasteiger partial charge >= 0.3 is 0 Å². The minimum absolute atomic E-state index is 0.0413. The van der Waals surface area contributed by atoms with Crippen LogP contribution in [0.3, 0.4) is 0 Å². The van der Waals surface area contributed by atoms with Crippen molar-refractivity contribution in [2.45, 2.75) is 39.8 Å². The number of ether oxygens (including phenoxy) is 2. The van der Waals surface area contributed by atoms with Crippen LogP contribution in [-0.4, -0.2) is 27.8 Å². The standard InChI is InChI=1S/C23H24ClNO3S2/c1-4-15(3)25-22(26)21(30-23(25)29)13-17-8-11-19(20(12-17)27-5-2)28-14-16-6-9-18(24)10-7-16/h6-13,15H,4-5,14H2,1-3H3/b21-13-. The van der Waals surface area contributed by atoms with Crippen LogP contribution in [0.5, 0.6) is 11.5 Å². The number of carbonyl (C=O) groups excluding carboxylic acids is 1. The fourth-order valence-electron chi connectivity index (χ4n) is 2.94. The van der Waals surface area contributed by atoms with Crippen molar-refractivity contribution < 1.29 is 14.3 Å². The lowest BCUT2D eigenvalue weighted by molar-refractivity contribution is -0.123. The molecule has 1 unspecified atom stereocenters. The first-order valence-corrected chi connectivity index (χ1v) is 11.4. The number of hydrogen-bond acceptors (Lipinski definition) is 5. The van der Waals surface area contributed by atoms with E-state index in [-0.39, 0.29) is 11.9 Å². The van der Waals surface area contributed by atoms with Gasteiger partial charge < -0.3 is 9.47 Å². The Kier molecular flexibility index (Phi) is 7.81. The Hall–Kier alpha value is -2.02. The van der Waals surface area contributed by atoms with Crippen LogP contribution in [0.25, 0.3) is 6.08 Å². The fourth-order valence-corrected chi connectivity index (χ4v) is 4.53. The number of thioether (sulfide) groups is 1. The van der Waals surface area contributed by atoms with E-state index in [2.05, 4.69) is 0 Å². The van der Waals surface area contributed by atoms with E-state index in [1.165, 1.54) is 11.8 Å². The fraction of sp³-hybridized carbons (Fsp3) is 0.304. The molecular formula is C23H24ClNO3S2. The zero-order chi connectivity index (χ0) is 21.7. The van der Waals surface area contributed by atoms with Crippen molar-refractivity contribution in [1.82, 2.24) is 4.90 Å². The summed E-state index contributed by atoms with van der Waals surface area (Å²) in [7, 11) is 0. The van der Waals surface area contributed by atoms with Crippen LogP contribution in [0.15, 0.2) is 47.4 Å². The number of nitrogens with zero attached hydrogens (tertiary/aromatic N) is 1. The predicted molar refractivity (Wildman–Crippen MR) is 128 cm³/mol. The molecule has 0 aromatic heterocycles. The number of hydrogen-bond donors (Lipinski definition) is 0. The molecule has 1 heterocycles. The van der Waals surface area contributed by atoms with Crippen LogP contribution in [-0.2, 0) is 11.4 Å². The van der Waals surface area contributed by atoms with E-state index in [0.717, 1.165) is 17.5 Å². The molecule has 2 aromatic carbocycles. The molecule has 4 nitrogen and oxygen atoms in total. The number of thiocarbonyl (C=S) groups is 1. The largest absolute Gasteiger partial charge is 0.490 e. The summed E-state index contributed by atoms with van der Waals surface area (Å²) in [6, 6.07) is 13.3. The maximum Gasteiger partial charge on any atom is 0.266 e. The summed E-state index contributed by atoms with van der Waals surface area (Å²) in [6.45, 7) is 6.89. The highest BCUT2D eigenvalue weighted by Crippen LogP contribution is 2.36. The van der Waals surface area contributed by atoms with Gasteiger partial charge in [-0.2, -0.15) is 0 Å². The zero-order valence-corrected chi connectivity index (χ0v) is 19.6. The molecule has 1 fully saturated rings. The van der Waals surface area contributed by atoms with Crippen LogP contribution in [0.2, 0.25) is 5.02 Å². The molecule has 1 saturated heterocycles. The van der Waals surface area contributed by atoms with Gasteiger partial charge in [0.15, 0.2) is 11.5 Å². The third-order valence-corrected chi connectivity index (χ3v) is 6.31. The lowest BCUT2D eigenvalue weighted by Gasteiger charge is -2.21. The molecule has 0 radical (unpaired) electrons. The van der Waals surface area contributed by atoms with E-state index >= 15 is 0 Å². The second-order valence-electron chi connectivity index (χ2n) is 6.86. The van der Waals surface area contributed by atoms with Crippen LogP contribution in [0, 0.1) is 0 Å². The molecule has 0 bridgehead atoms. The van der Waals surface area contributed by atoms with E-state index < -0.39 is 0 Å². The lowest BCUT2D eigenvalue weighted by atomic mass is 10.1. The van der Waals surface area contributed by atoms with Gasteiger partial charge in [-0.3, -0.25) is 9.69 Å². The quantitative estimate of drug-likeness (QED) is 0.340. The molecule has 1 aliphatic heterocycles. The number of benzene rings is 2. The summed E-state index contributed by atoms with van der Waals surface area (Å²) < 4.78 is 12.3. The average Bonchev–Trinajstić information content (AvgIpc) is 3.01. The highest BCUT2D eigenvalue weighted by molar-refractivity contribution is 8.26. The second kappa shape index (κ2) is 10.3. The van der Waals surface area contributed by atoms with Gasteiger partial charge in [-0.1, -0.05) is 60.7 Å². The number of carbonyl (C=O) groups is 1. The minimum Gasteiger partial charge on any atom is -0.490 e. The highest BCUT2D eigenvalue weighted by atomic mass is 35.5. The summed E-state index contributed by atoms with van der Waals surface area (Å²) in [4.78, 5) is 15.1. The Bertz CT molecular complexity index is 959. The molecule has 3 rings (SSSR count). The van der Waals surface area contributed by atoms with Gasteiger partial charge in [0.05, 0.1) is 11.5 Å². The van der Waals surface area contributed by atoms with Gasteiger partial charge in [0.1, 0.15) is 10.9 Å². The Morgan fingerprint density at radius 1 is 1.13 bits per heavy atom. The molecule has 1 aliphatic rings. The van der Waals surface area contributed by atoms with Crippen molar-refractivity contribution >= 4 is 51.9 Å². The molecule has 30 heavy (non-hydrogen) atoms. The van der Waals surface area contributed by atoms with Crippen molar-refractivity contribution in [1.29, 1.82) is 0 Å². The van der Waals surface area contributed by atoms with Crippen molar-refractivity contribution in [3.63, 3.8) is 0 Å². The molecule has 0 aliphatic carbocycles. The monoisotopic (exact) mass is 461 g/mol. The smallest absolute Gasteiger partial charge is 0.266 e. The van der Waals surface area contributed by atoms with Gasteiger partial charge in [-0.25, -0.2) is 0 Å². The predicted octanol–water partition coefficient (Wildman–Crippen LogP) is 6.32. The minimum atomic E-state index is -0.0413. The van der Waals surface area contributed by atoms with Crippen molar-refractivity contribution in [3.05, 3.63) is 63.5 Å². The molecule has 1 atom stereocenters.